The van der Waals surface area contributed by atoms with Crippen LogP contribution in [0.1, 0.15) is 0 Å². The molecule has 4 nitrogen and oxygen atoms in total. The molecule has 204 valence electrons. The standard InChI is InChI=1S/C40H23N3O/c1-2-11-26-21-27(18-17-24(26)9-1)38-31-14-5-7-15-34(31)41-40(42-38)43-35-16-8-6-13-29(35)32-23-37-33(22-36(32)43)30-20-19-25-10-3-4-12-28(25)39(30)44-37/h1-23H. The maximum absolute atomic E-state index is 6.57. The lowest BCUT2D eigenvalue weighted by Gasteiger charge is -2.12. The maximum atomic E-state index is 6.57. The van der Waals surface area contributed by atoms with Crippen LogP contribution in [-0.2, 0) is 0 Å². The number of nitrogens with zero attached hydrogens (tertiary/aromatic N) is 3. The Hall–Kier alpha value is -6.00. The highest BCUT2D eigenvalue weighted by Crippen LogP contribution is 2.40. The molecule has 7 aromatic carbocycles. The van der Waals surface area contributed by atoms with Crippen molar-refractivity contribution in [2.45, 2.75) is 0 Å². The smallest absolute Gasteiger partial charge is 0.235 e. The fraction of sp³-hybridized carbons (Fsp3) is 0. The van der Waals surface area contributed by atoms with Crippen molar-refractivity contribution in [3.63, 3.8) is 0 Å². The Morgan fingerprint density at radius 2 is 1.18 bits per heavy atom. The Labute approximate surface area is 251 Å². The van der Waals surface area contributed by atoms with Crippen molar-refractivity contribution in [3.8, 4) is 17.2 Å². The molecule has 0 atom stereocenters. The van der Waals surface area contributed by atoms with Gasteiger partial charge in [-0.1, -0.05) is 103 Å². The fourth-order valence-corrected chi connectivity index (χ4v) is 6.90. The first-order valence-corrected chi connectivity index (χ1v) is 14.8. The lowest BCUT2D eigenvalue weighted by molar-refractivity contribution is 0.673. The molecule has 10 aromatic rings. The molecular weight excluding hydrogens is 538 g/mol. The molecule has 4 heteroatoms. The van der Waals surface area contributed by atoms with Crippen LogP contribution >= 0.6 is 0 Å². The minimum absolute atomic E-state index is 0.649. The predicted molar refractivity (Wildman–Crippen MR) is 182 cm³/mol. The van der Waals surface area contributed by atoms with E-state index < -0.39 is 0 Å². The lowest BCUT2D eigenvalue weighted by Crippen LogP contribution is -2.03. The van der Waals surface area contributed by atoms with Crippen LogP contribution < -0.4 is 0 Å². The molecule has 0 unspecified atom stereocenters. The zero-order valence-electron chi connectivity index (χ0n) is 23.5. The first-order chi connectivity index (χ1) is 21.8. The van der Waals surface area contributed by atoms with Crippen LogP contribution in [0.3, 0.4) is 0 Å². The molecule has 0 amide bonds. The Balaban J connectivity index is 1.30. The van der Waals surface area contributed by atoms with Crippen LogP contribution in [0.25, 0.3) is 93.4 Å². The Morgan fingerprint density at radius 3 is 2.09 bits per heavy atom. The third-order valence-electron chi connectivity index (χ3n) is 8.97. The van der Waals surface area contributed by atoms with E-state index in [0.29, 0.717) is 5.95 Å². The zero-order chi connectivity index (χ0) is 28.8. The third kappa shape index (κ3) is 3.28. The molecule has 0 aliphatic carbocycles. The van der Waals surface area contributed by atoms with Crippen LogP contribution in [0.2, 0.25) is 0 Å². The second kappa shape index (κ2) is 8.76. The molecule has 0 saturated heterocycles. The first-order valence-electron chi connectivity index (χ1n) is 14.8. The fourth-order valence-electron chi connectivity index (χ4n) is 6.90. The van der Waals surface area contributed by atoms with Gasteiger partial charge < -0.3 is 4.42 Å². The van der Waals surface area contributed by atoms with Crippen molar-refractivity contribution in [3.05, 3.63) is 140 Å². The molecule has 3 heterocycles. The Morgan fingerprint density at radius 1 is 0.455 bits per heavy atom. The molecule has 0 N–H and O–H groups in total. The number of fused-ring (bicyclic) bond motifs is 10. The van der Waals surface area contributed by atoms with E-state index in [0.717, 1.165) is 71.3 Å². The van der Waals surface area contributed by atoms with Crippen molar-refractivity contribution in [1.82, 2.24) is 14.5 Å². The number of para-hydroxylation sites is 2. The van der Waals surface area contributed by atoms with E-state index in [1.54, 1.807) is 0 Å². The van der Waals surface area contributed by atoms with E-state index >= 15 is 0 Å². The van der Waals surface area contributed by atoms with E-state index in [1.165, 1.54) is 16.2 Å². The molecule has 3 aromatic heterocycles. The van der Waals surface area contributed by atoms with Gasteiger partial charge in [-0.25, -0.2) is 9.97 Å². The van der Waals surface area contributed by atoms with Crippen molar-refractivity contribution in [2.75, 3.05) is 0 Å². The summed E-state index contributed by atoms with van der Waals surface area (Å²) in [4.78, 5) is 10.5. The van der Waals surface area contributed by atoms with Crippen LogP contribution in [0.5, 0.6) is 0 Å². The summed E-state index contributed by atoms with van der Waals surface area (Å²) < 4.78 is 8.78. The quantitative estimate of drug-likeness (QED) is 0.211. The number of hydrogen-bond acceptors (Lipinski definition) is 3. The molecular formula is C40H23N3O. The third-order valence-corrected chi connectivity index (χ3v) is 8.97. The number of furan rings is 1. The second-order valence-corrected chi connectivity index (χ2v) is 11.4. The van der Waals surface area contributed by atoms with Crippen LogP contribution in [0, 0.1) is 0 Å². The highest BCUT2D eigenvalue weighted by molar-refractivity contribution is 6.20. The van der Waals surface area contributed by atoms with Crippen molar-refractivity contribution < 1.29 is 4.42 Å². The van der Waals surface area contributed by atoms with E-state index in [1.807, 2.05) is 6.07 Å². The number of benzene rings is 7. The largest absolute Gasteiger partial charge is 0.455 e. The van der Waals surface area contributed by atoms with E-state index in [-0.39, 0.29) is 0 Å². The van der Waals surface area contributed by atoms with Crippen LogP contribution in [0.15, 0.2) is 144 Å². The zero-order valence-corrected chi connectivity index (χ0v) is 23.5. The van der Waals surface area contributed by atoms with Gasteiger partial charge in [0.15, 0.2) is 0 Å². The van der Waals surface area contributed by atoms with Gasteiger partial charge in [0.05, 0.1) is 22.2 Å². The lowest BCUT2D eigenvalue weighted by atomic mass is 10.0. The molecule has 10 rings (SSSR count). The molecule has 0 saturated carbocycles. The first kappa shape index (κ1) is 23.6. The van der Waals surface area contributed by atoms with Crippen molar-refractivity contribution >= 4 is 76.2 Å². The van der Waals surface area contributed by atoms with E-state index in [9.17, 15) is 0 Å². The van der Waals surface area contributed by atoms with Gasteiger partial charge in [-0.15, -0.1) is 0 Å². The van der Waals surface area contributed by atoms with Crippen LogP contribution in [-0.4, -0.2) is 14.5 Å². The Kier molecular flexibility index (Phi) is 4.69. The highest BCUT2D eigenvalue weighted by atomic mass is 16.3. The van der Waals surface area contributed by atoms with Gasteiger partial charge in [0.25, 0.3) is 0 Å². The predicted octanol–water partition coefficient (Wildman–Crippen LogP) is 10.6. The molecule has 0 aliphatic rings. The molecule has 0 radical (unpaired) electrons. The minimum Gasteiger partial charge on any atom is -0.455 e. The molecule has 0 bridgehead atoms. The minimum atomic E-state index is 0.649. The van der Waals surface area contributed by atoms with Gasteiger partial charge in [-0.3, -0.25) is 4.57 Å². The van der Waals surface area contributed by atoms with Crippen molar-refractivity contribution in [2.24, 2.45) is 0 Å². The summed E-state index contributed by atoms with van der Waals surface area (Å²) in [7, 11) is 0. The number of rotatable bonds is 2. The maximum Gasteiger partial charge on any atom is 0.235 e. The number of hydrogen-bond donors (Lipinski definition) is 0. The monoisotopic (exact) mass is 561 g/mol. The SMILES string of the molecule is c1ccc2cc(-c3nc(-n4c5ccccc5c5cc6oc7c8ccccc8ccc7c6cc54)nc4ccccc34)ccc2c1. The average molecular weight is 562 g/mol. The summed E-state index contributed by atoms with van der Waals surface area (Å²) in [5.41, 5.74) is 6.81. The van der Waals surface area contributed by atoms with Crippen molar-refractivity contribution in [1.29, 1.82) is 0 Å². The summed E-state index contributed by atoms with van der Waals surface area (Å²) in [5, 5.41) is 10.2. The number of aromatic nitrogens is 3. The van der Waals surface area contributed by atoms with Gasteiger partial charge in [-0.05, 0) is 52.6 Å². The Bertz CT molecular complexity index is 2790. The van der Waals surface area contributed by atoms with E-state index in [2.05, 4.69) is 138 Å². The van der Waals surface area contributed by atoms with E-state index in [4.69, 9.17) is 14.4 Å². The van der Waals surface area contributed by atoms with Gasteiger partial charge >= 0.3 is 0 Å². The topological polar surface area (TPSA) is 43.9 Å². The molecule has 44 heavy (non-hydrogen) atoms. The van der Waals surface area contributed by atoms with Crippen LogP contribution in [0.4, 0.5) is 0 Å². The summed E-state index contributed by atoms with van der Waals surface area (Å²) in [6, 6.07) is 49.0. The van der Waals surface area contributed by atoms with Gasteiger partial charge in [0.2, 0.25) is 5.95 Å². The summed E-state index contributed by atoms with van der Waals surface area (Å²) in [6.45, 7) is 0. The summed E-state index contributed by atoms with van der Waals surface area (Å²) in [6.07, 6.45) is 0. The highest BCUT2D eigenvalue weighted by Gasteiger charge is 2.20. The summed E-state index contributed by atoms with van der Waals surface area (Å²) in [5.74, 6) is 0.649. The average Bonchev–Trinajstić information content (AvgIpc) is 3.61. The normalized spacial score (nSPS) is 12.1. The van der Waals surface area contributed by atoms with Gasteiger partial charge in [0, 0.05) is 37.9 Å². The molecule has 0 spiro atoms. The molecule has 0 aliphatic heterocycles. The second-order valence-electron chi connectivity index (χ2n) is 11.4. The van der Waals surface area contributed by atoms with Gasteiger partial charge in [0.1, 0.15) is 11.2 Å². The molecule has 0 fully saturated rings. The van der Waals surface area contributed by atoms with Gasteiger partial charge in [-0.2, -0.15) is 0 Å². The summed E-state index contributed by atoms with van der Waals surface area (Å²) >= 11 is 0.